The number of nitrogen functional groups attached to an aromatic ring is 1. The number of nitrogens with zero attached hydrogens (tertiary/aromatic N) is 3. The van der Waals surface area contributed by atoms with Crippen LogP contribution in [0.1, 0.15) is 26.3 Å². The quantitative estimate of drug-likeness (QED) is 0.398. The first-order chi connectivity index (χ1) is 13.8. The highest BCUT2D eigenvalue weighted by Gasteiger charge is 2.39. The Balaban J connectivity index is 1.73. The smallest absolute Gasteiger partial charge is 0.356 e. The Morgan fingerprint density at radius 2 is 2.10 bits per heavy atom. The van der Waals surface area contributed by atoms with Gasteiger partial charge in [-0.25, -0.2) is 4.98 Å². The predicted octanol–water partition coefficient (Wildman–Crippen LogP) is 1.42. The molecule has 29 heavy (non-hydrogen) atoms. The van der Waals surface area contributed by atoms with Crippen molar-refractivity contribution in [3.05, 3.63) is 28.8 Å². The van der Waals surface area contributed by atoms with Crippen molar-refractivity contribution in [1.29, 1.82) is 0 Å². The zero-order valence-corrected chi connectivity index (χ0v) is 17.3. The number of nitrogens with two attached hydrogens (primary N) is 1. The molecule has 1 saturated carbocycles. The van der Waals surface area contributed by atoms with Gasteiger partial charge in [0.15, 0.2) is 11.2 Å². The Hall–Kier alpha value is -2.04. The lowest BCUT2D eigenvalue weighted by Crippen LogP contribution is -2.20. The van der Waals surface area contributed by atoms with Crippen molar-refractivity contribution in [3.63, 3.8) is 0 Å². The molecule has 12 heteroatoms. The van der Waals surface area contributed by atoms with Gasteiger partial charge in [0.1, 0.15) is 6.35 Å². The molecule has 0 radical (unpaired) electrons. The van der Waals surface area contributed by atoms with Crippen LogP contribution in [0.3, 0.4) is 0 Å². The third-order valence-electron chi connectivity index (χ3n) is 4.82. The second kappa shape index (κ2) is 8.76. The van der Waals surface area contributed by atoms with E-state index in [-0.39, 0.29) is 43.7 Å². The van der Waals surface area contributed by atoms with Crippen molar-refractivity contribution in [2.75, 3.05) is 31.9 Å². The number of anilines is 1. The molecule has 0 saturated heterocycles. The summed E-state index contributed by atoms with van der Waals surface area (Å²) in [6.07, 6.45) is 0.887. The van der Waals surface area contributed by atoms with Crippen LogP contribution in [-0.4, -0.2) is 56.9 Å². The van der Waals surface area contributed by atoms with E-state index in [1.807, 2.05) is 0 Å². The van der Waals surface area contributed by atoms with Crippen LogP contribution in [0.15, 0.2) is 23.3 Å². The Morgan fingerprint density at radius 3 is 2.76 bits per heavy atom. The van der Waals surface area contributed by atoms with Gasteiger partial charge in [0.2, 0.25) is 5.95 Å². The lowest BCUT2D eigenvalue weighted by molar-refractivity contribution is 0.0621. The third kappa shape index (κ3) is 4.44. The maximum absolute atomic E-state index is 12.5. The van der Waals surface area contributed by atoms with Crippen molar-refractivity contribution in [2.24, 2.45) is 5.92 Å². The van der Waals surface area contributed by atoms with Crippen LogP contribution in [0.4, 0.5) is 5.95 Å². The molecule has 1 fully saturated rings. The minimum atomic E-state index is -3.33. The van der Waals surface area contributed by atoms with Crippen molar-refractivity contribution < 1.29 is 23.5 Å². The Kier molecular flexibility index (Phi) is 6.55. The minimum absolute atomic E-state index is 0.0177. The zero-order valence-electron chi connectivity index (χ0n) is 16.4. The van der Waals surface area contributed by atoms with E-state index in [4.69, 9.17) is 19.5 Å². The van der Waals surface area contributed by atoms with E-state index in [0.29, 0.717) is 17.6 Å². The SMILES string of the molecule is C=C1[C@H](COCP(=O)(OCC)OCC)[C@@H](O)C[C@@H]1n1cnc2c(=O)[nH]c(N)nc21. The highest BCUT2D eigenvalue weighted by atomic mass is 31.2. The lowest BCUT2D eigenvalue weighted by Gasteiger charge is -2.20. The molecule has 4 N–H and O–H groups in total. The number of hydrogen-bond acceptors (Lipinski definition) is 9. The molecule has 160 valence electrons. The number of hydrogen-bond donors (Lipinski definition) is 3. The fourth-order valence-corrected chi connectivity index (χ4v) is 4.86. The highest BCUT2D eigenvalue weighted by Crippen LogP contribution is 2.48. The summed E-state index contributed by atoms with van der Waals surface area (Å²) in [5.41, 5.74) is 6.39. The molecule has 3 rings (SSSR count). The average Bonchev–Trinajstić information content (AvgIpc) is 3.18. The summed E-state index contributed by atoms with van der Waals surface area (Å²) < 4.78 is 30.1. The number of aromatic amines is 1. The average molecular weight is 427 g/mol. The van der Waals surface area contributed by atoms with Gasteiger partial charge in [-0.2, -0.15) is 4.98 Å². The molecule has 2 aromatic rings. The molecule has 0 bridgehead atoms. The van der Waals surface area contributed by atoms with Gasteiger partial charge in [-0.3, -0.25) is 14.3 Å². The summed E-state index contributed by atoms with van der Waals surface area (Å²) in [4.78, 5) is 22.6. The molecule has 1 aliphatic carbocycles. The second-order valence-electron chi connectivity index (χ2n) is 6.72. The third-order valence-corrected chi connectivity index (χ3v) is 6.62. The molecule has 1 aliphatic rings. The predicted molar refractivity (Wildman–Crippen MR) is 107 cm³/mol. The number of fused-ring (bicyclic) bond motifs is 1. The second-order valence-corrected chi connectivity index (χ2v) is 8.72. The zero-order chi connectivity index (χ0) is 21.2. The van der Waals surface area contributed by atoms with Crippen LogP contribution in [-0.2, 0) is 18.3 Å². The van der Waals surface area contributed by atoms with Crippen LogP contribution >= 0.6 is 7.60 Å². The minimum Gasteiger partial charge on any atom is -0.392 e. The Bertz CT molecular complexity index is 978. The maximum Gasteiger partial charge on any atom is 0.356 e. The molecule has 0 aliphatic heterocycles. The Labute approximate surface area is 167 Å². The van der Waals surface area contributed by atoms with Gasteiger partial charge in [0.05, 0.1) is 38.3 Å². The number of ether oxygens (including phenoxy) is 1. The van der Waals surface area contributed by atoms with Gasteiger partial charge in [-0.05, 0) is 25.8 Å². The van der Waals surface area contributed by atoms with Gasteiger partial charge in [0, 0.05) is 5.92 Å². The van der Waals surface area contributed by atoms with E-state index >= 15 is 0 Å². The summed E-state index contributed by atoms with van der Waals surface area (Å²) in [5, 5.41) is 10.5. The van der Waals surface area contributed by atoms with Crippen LogP contribution in [0.2, 0.25) is 0 Å². The van der Waals surface area contributed by atoms with Gasteiger partial charge < -0.3 is 29.2 Å². The largest absolute Gasteiger partial charge is 0.392 e. The highest BCUT2D eigenvalue weighted by molar-refractivity contribution is 7.53. The molecule has 2 aromatic heterocycles. The summed E-state index contributed by atoms with van der Waals surface area (Å²) >= 11 is 0. The summed E-state index contributed by atoms with van der Waals surface area (Å²) in [7, 11) is -3.33. The normalized spacial score (nSPS) is 22.6. The van der Waals surface area contributed by atoms with Crippen molar-refractivity contribution in [1.82, 2.24) is 19.5 Å². The van der Waals surface area contributed by atoms with E-state index in [2.05, 4.69) is 21.5 Å². The van der Waals surface area contributed by atoms with E-state index in [0.717, 1.165) is 0 Å². The first-order valence-corrected chi connectivity index (χ1v) is 11.1. The monoisotopic (exact) mass is 427 g/mol. The molecule has 0 aromatic carbocycles. The van der Waals surface area contributed by atoms with Gasteiger partial charge >= 0.3 is 7.60 Å². The molecular formula is C17H26N5O6P. The van der Waals surface area contributed by atoms with Crippen molar-refractivity contribution in [2.45, 2.75) is 32.4 Å². The van der Waals surface area contributed by atoms with Gasteiger partial charge in [0.25, 0.3) is 5.56 Å². The number of rotatable bonds is 9. The van der Waals surface area contributed by atoms with Crippen LogP contribution in [0.25, 0.3) is 11.2 Å². The molecule has 11 nitrogen and oxygen atoms in total. The van der Waals surface area contributed by atoms with Gasteiger partial charge in [-0.1, -0.05) is 6.58 Å². The van der Waals surface area contributed by atoms with E-state index in [1.54, 1.807) is 18.4 Å². The number of aromatic nitrogens is 4. The molecule has 0 unspecified atom stereocenters. The summed E-state index contributed by atoms with van der Waals surface area (Å²) in [6, 6.07) is -0.331. The van der Waals surface area contributed by atoms with E-state index in [9.17, 15) is 14.5 Å². The molecule has 3 atom stereocenters. The number of nitrogens with one attached hydrogen (secondary N) is 1. The number of aliphatic hydroxyl groups is 1. The number of H-pyrrole nitrogens is 1. The fraction of sp³-hybridized carbons (Fsp3) is 0.588. The van der Waals surface area contributed by atoms with Crippen molar-refractivity contribution in [3.8, 4) is 0 Å². The van der Waals surface area contributed by atoms with E-state index in [1.165, 1.54) is 6.33 Å². The van der Waals surface area contributed by atoms with Crippen LogP contribution in [0, 0.1) is 5.92 Å². The lowest BCUT2D eigenvalue weighted by atomic mass is 10.0. The standard InChI is InChI=1S/C17H26N5O6P/c1-4-27-29(25,28-5-2)9-26-7-11-10(3)12(6-13(11)23)22-8-19-14-15(22)20-17(18)21-16(14)24/h8,11-13,23H,3-7,9H2,1-2H3,(H3,18,20,21,24)/t11-,12-,13-/m0/s1. The van der Waals surface area contributed by atoms with E-state index < -0.39 is 25.2 Å². The first kappa shape index (κ1) is 21.7. The van der Waals surface area contributed by atoms with Gasteiger partial charge in [-0.15, -0.1) is 0 Å². The summed E-state index contributed by atoms with van der Waals surface area (Å²) in [6.45, 7) is 8.12. The van der Waals surface area contributed by atoms with Crippen molar-refractivity contribution >= 4 is 24.7 Å². The fourth-order valence-electron chi connectivity index (χ4n) is 3.52. The Morgan fingerprint density at radius 1 is 1.41 bits per heavy atom. The topological polar surface area (TPSA) is 155 Å². The molecule has 0 spiro atoms. The molecule has 2 heterocycles. The van der Waals surface area contributed by atoms with Crippen LogP contribution in [0.5, 0.6) is 0 Å². The number of aliphatic hydroxyl groups excluding tert-OH is 1. The maximum atomic E-state index is 12.5. The number of imidazole rings is 1. The summed E-state index contributed by atoms with van der Waals surface area (Å²) in [5.74, 6) is -0.413. The molecule has 0 amide bonds. The first-order valence-electron chi connectivity index (χ1n) is 9.34. The molecular weight excluding hydrogens is 401 g/mol. The van der Waals surface area contributed by atoms with Crippen LogP contribution < -0.4 is 11.3 Å².